The van der Waals surface area contributed by atoms with Crippen molar-refractivity contribution in [1.29, 1.82) is 0 Å². The zero-order chi connectivity index (χ0) is 9.40. The van der Waals surface area contributed by atoms with Gasteiger partial charge in [0.1, 0.15) is 5.83 Å². The Labute approximate surface area is 69.3 Å². The molecule has 0 rings (SSSR count). The molecule has 0 aliphatic rings. The molecular formula is C7H11FO4. The number of hydrogen-bond donors (Lipinski definition) is 2. The molecule has 0 aliphatic carbocycles. The lowest BCUT2D eigenvalue weighted by Gasteiger charge is -1.98. The van der Waals surface area contributed by atoms with Crippen LogP contribution in [0.4, 0.5) is 4.39 Å². The van der Waals surface area contributed by atoms with Crippen molar-refractivity contribution in [2.45, 2.75) is 6.42 Å². The first kappa shape index (κ1) is 11.1. The number of rotatable bonds is 6. The molecule has 0 unspecified atom stereocenters. The molecule has 0 spiro atoms. The Kier molecular flexibility index (Phi) is 6.22. The monoisotopic (exact) mass is 178 g/mol. The number of aliphatic hydroxyl groups excluding tert-OH is 1. The second-order valence-electron chi connectivity index (χ2n) is 2.03. The van der Waals surface area contributed by atoms with E-state index in [2.05, 4.69) is 4.74 Å². The van der Waals surface area contributed by atoms with Gasteiger partial charge in [0.05, 0.1) is 26.2 Å². The van der Waals surface area contributed by atoms with Crippen LogP contribution < -0.4 is 0 Å². The van der Waals surface area contributed by atoms with Crippen molar-refractivity contribution in [3.8, 4) is 0 Å². The van der Waals surface area contributed by atoms with E-state index in [1.807, 2.05) is 0 Å². The van der Waals surface area contributed by atoms with Crippen LogP contribution in [0.2, 0.25) is 0 Å². The summed E-state index contributed by atoms with van der Waals surface area (Å²) in [7, 11) is 0. The van der Waals surface area contributed by atoms with Crippen LogP contribution in [0.1, 0.15) is 6.42 Å². The van der Waals surface area contributed by atoms with Gasteiger partial charge in [-0.1, -0.05) is 0 Å². The maximum atomic E-state index is 12.4. The maximum Gasteiger partial charge on any atom is 0.305 e. The normalized spacial score (nSPS) is 11.7. The third-order valence-electron chi connectivity index (χ3n) is 1.01. The summed E-state index contributed by atoms with van der Waals surface area (Å²) in [6.45, 7) is -0.690. The standard InChI is InChI=1S/C7H11FO4/c8-6(1-3-9)5-12-4-2-7(10)11/h1,9H,2-5H2,(H,10,11). The zero-order valence-electron chi connectivity index (χ0n) is 6.49. The van der Waals surface area contributed by atoms with E-state index in [9.17, 15) is 9.18 Å². The lowest BCUT2D eigenvalue weighted by atomic mass is 10.4. The molecule has 0 heterocycles. The average molecular weight is 178 g/mol. The summed E-state index contributed by atoms with van der Waals surface area (Å²) in [5.74, 6) is -1.58. The predicted molar refractivity (Wildman–Crippen MR) is 39.3 cm³/mol. The molecule has 0 aliphatic heterocycles. The van der Waals surface area contributed by atoms with Crippen molar-refractivity contribution < 1.29 is 24.1 Å². The molecule has 0 radical (unpaired) electrons. The van der Waals surface area contributed by atoms with Crippen LogP contribution in [-0.2, 0) is 9.53 Å². The Morgan fingerprint density at radius 3 is 2.75 bits per heavy atom. The first-order chi connectivity index (χ1) is 5.66. The van der Waals surface area contributed by atoms with Crippen molar-refractivity contribution in [3.05, 3.63) is 11.9 Å². The number of carbonyl (C=O) groups is 1. The third-order valence-corrected chi connectivity index (χ3v) is 1.01. The van der Waals surface area contributed by atoms with E-state index in [0.717, 1.165) is 6.08 Å². The molecule has 0 aromatic heterocycles. The maximum absolute atomic E-state index is 12.4. The number of carboxylic acids is 1. The summed E-state index contributed by atoms with van der Waals surface area (Å²) < 4.78 is 17.0. The Balaban J connectivity index is 3.31. The molecule has 2 N–H and O–H groups in total. The number of halogens is 1. The Morgan fingerprint density at radius 2 is 2.25 bits per heavy atom. The number of ether oxygens (including phenoxy) is 1. The molecule has 0 fully saturated rings. The molecule has 0 saturated carbocycles. The highest BCUT2D eigenvalue weighted by molar-refractivity contribution is 5.66. The Bertz CT molecular complexity index is 167. The first-order valence-electron chi connectivity index (χ1n) is 3.41. The highest BCUT2D eigenvalue weighted by atomic mass is 19.1. The highest BCUT2D eigenvalue weighted by Gasteiger charge is 1.97. The van der Waals surface area contributed by atoms with Gasteiger partial charge < -0.3 is 14.9 Å². The van der Waals surface area contributed by atoms with Gasteiger partial charge >= 0.3 is 5.97 Å². The second-order valence-corrected chi connectivity index (χ2v) is 2.03. The van der Waals surface area contributed by atoms with Gasteiger partial charge in [0.2, 0.25) is 0 Å². The average Bonchev–Trinajstić information content (AvgIpc) is 1.98. The van der Waals surface area contributed by atoms with E-state index >= 15 is 0 Å². The summed E-state index contributed by atoms with van der Waals surface area (Å²) in [4.78, 5) is 9.94. The van der Waals surface area contributed by atoms with Crippen LogP contribution in [0.3, 0.4) is 0 Å². The van der Waals surface area contributed by atoms with Crippen LogP contribution in [0, 0.1) is 0 Å². The van der Waals surface area contributed by atoms with Crippen molar-refractivity contribution in [2.75, 3.05) is 19.8 Å². The van der Waals surface area contributed by atoms with Crippen molar-refractivity contribution >= 4 is 5.97 Å². The predicted octanol–water partition coefficient (Wildman–Crippen LogP) is 0.323. The molecule has 4 nitrogen and oxygen atoms in total. The van der Waals surface area contributed by atoms with Crippen LogP contribution in [0.25, 0.3) is 0 Å². The van der Waals surface area contributed by atoms with Crippen molar-refractivity contribution in [2.24, 2.45) is 0 Å². The molecule has 0 bridgehead atoms. The summed E-state index contributed by atoms with van der Waals surface area (Å²) in [6.07, 6.45) is 0.813. The summed E-state index contributed by atoms with van der Waals surface area (Å²) >= 11 is 0. The molecule has 0 atom stereocenters. The number of carboxylic acid groups (broad SMARTS) is 1. The smallest absolute Gasteiger partial charge is 0.305 e. The van der Waals surface area contributed by atoms with Crippen molar-refractivity contribution in [3.63, 3.8) is 0 Å². The van der Waals surface area contributed by atoms with E-state index < -0.39 is 11.8 Å². The van der Waals surface area contributed by atoms with Crippen LogP contribution >= 0.6 is 0 Å². The molecule has 5 heteroatoms. The summed E-state index contributed by atoms with van der Waals surface area (Å²) in [5, 5.41) is 16.4. The number of hydrogen-bond acceptors (Lipinski definition) is 3. The summed E-state index contributed by atoms with van der Waals surface area (Å²) in [6, 6.07) is 0. The highest BCUT2D eigenvalue weighted by Crippen LogP contribution is 1.96. The fraction of sp³-hybridized carbons (Fsp3) is 0.571. The van der Waals surface area contributed by atoms with E-state index in [-0.39, 0.29) is 26.2 Å². The Morgan fingerprint density at radius 1 is 1.58 bits per heavy atom. The minimum atomic E-state index is -0.985. The zero-order valence-corrected chi connectivity index (χ0v) is 6.49. The minimum Gasteiger partial charge on any atom is -0.481 e. The Hall–Kier alpha value is -0.940. The lowest BCUT2D eigenvalue weighted by Crippen LogP contribution is -2.04. The molecule has 12 heavy (non-hydrogen) atoms. The lowest BCUT2D eigenvalue weighted by molar-refractivity contribution is -0.138. The third kappa shape index (κ3) is 7.17. The molecule has 0 amide bonds. The quantitative estimate of drug-likeness (QED) is 0.575. The van der Waals surface area contributed by atoms with Gasteiger partial charge in [0.15, 0.2) is 0 Å². The van der Waals surface area contributed by atoms with Crippen LogP contribution in [-0.4, -0.2) is 36.0 Å². The van der Waals surface area contributed by atoms with Crippen LogP contribution in [0.5, 0.6) is 0 Å². The molecule has 0 aromatic carbocycles. The van der Waals surface area contributed by atoms with Gasteiger partial charge in [-0.05, 0) is 6.08 Å². The van der Waals surface area contributed by atoms with Gasteiger partial charge in [-0.2, -0.15) is 0 Å². The SMILES string of the molecule is O=C(O)CCOCC(F)=CCO. The van der Waals surface area contributed by atoms with E-state index in [1.165, 1.54) is 0 Å². The van der Waals surface area contributed by atoms with Crippen LogP contribution in [0.15, 0.2) is 11.9 Å². The fourth-order valence-corrected chi connectivity index (χ4v) is 0.487. The second kappa shape index (κ2) is 6.75. The fourth-order valence-electron chi connectivity index (χ4n) is 0.487. The topological polar surface area (TPSA) is 66.8 Å². The molecular weight excluding hydrogens is 167 g/mol. The van der Waals surface area contributed by atoms with E-state index in [0.29, 0.717) is 0 Å². The summed E-state index contributed by atoms with van der Waals surface area (Å²) in [5.41, 5.74) is 0. The van der Waals surface area contributed by atoms with Gasteiger partial charge in [-0.15, -0.1) is 0 Å². The van der Waals surface area contributed by atoms with Gasteiger partial charge in [-0.3, -0.25) is 4.79 Å². The van der Waals surface area contributed by atoms with Gasteiger partial charge in [0, 0.05) is 0 Å². The minimum absolute atomic E-state index is 0.0258. The van der Waals surface area contributed by atoms with Gasteiger partial charge in [-0.25, -0.2) is 4.39 Å². The molecule has 0 aromatic rings. The van der Waals surface area contributed by atoms with Gasteiger partial charge in [0.25, 0.3) is 0 Å². The van der Waals surface area contributed by atoms with E-state index in [1.54, 1.807) is 0 Å². The number of aliphatic carboxylic acids is 1. The van der Waals surface area contributed by atoms with Crippen molar-refractivity contribution in [1.82, 2.24) is 0 Å². The number of aliphatic hydroxyl groups is 1. The van der Waals surface area contributed by atoms with E-state index in [4.69, 9.17) is 10.2 Å². The largest absolute Gasteiger partial charge is 0.481 e. The molecule has 0 saturated heterocycles. The first-order valence-corrected chi connectivity index (χ1v) is 3.41. The molecule has 70 valence electrons.